The van der Waals surface area contributed by atoms with Crippen LogP contribution in [0.25, 0.3) is 0 Å². The van der Waals surface area contributed by atoms with Gasteiger partial charge < -0.3 is 4.84 Å². The monoisotopic (exact) mass is 266 g/mol. The quantitative estimate of drug-likeness (QED) is 0.446. The summed E-state index contributed by atoms with van der Waals surface area (Å²) in [5.74, 6) is -0.994. The van der Waals surface area contributed by atoms with E-state index in [2.05, 4.69) is 15.0 Å². The Kier molecular flexibility index (Phi) is 5.82. The maximum atomic E-state index is 12.6. The Labute approximate surface area is 100 Å². The van der Waals surface area contributed by atoms with E-state index in [1.54, 1.807) is 18.0 Å². The number of halogens is 3. The highest BCUT2D eigenvalue weighted by molar-refractivity contribution is 8.31. The Hall–Kier alpha value is -1.24. The first kappa shape index (κ1) is 13.8. The number of oxime groups is 1. The summed E-state index contributed by atoms with van der Waals surface area (Å²) in [5.41, 5.74) is 1.69. The van der Waals surface area contributed by atoms with Crippen LogP contribution < -0.4 is 0 Å². The van der Waals surface area contributed by atoms with Crippen LogP contribution >= 0.6 is 10.9 Å². The van der Waals surface area contributed by atoms with E-state index in [9.17, 15) is 13.2 Å². The average Bonchev–Trinajstić information content (AvgIpc) is 2.74. The SMILES string of the molecule is CO/N=C\CC1=CN=C[SH]1CCC(F)=C(F)F. The number of hydrogen-bond donors (Lipinski definition) is 1. The third-order valence-corrected chi connectivity index (χ3v) is 4.21. The number of allylic oxidation sites excluding steroid dienone is 2. The molecule has 1 unspecified atom stereocenters. The van der Waals surface area contributed by atoms with E-state index >= 15 is 0 Å². The number of thiol groups is 1. The molecule has 0 aromatic rings. The smallest absolute Gasteiger partial charge is 0.301 e. The summed E-state index contributed by atoms with van der Waals surface area (Å²) in [6.45, 7) is 0. The second-order valence-electron chi connectivity index (χ2n) is 3.17. The normalized spacial score (nSPS) is 20.7. The fraction of sp³-hybridized carbons (Fsp3) is 0.400. The van der Waals surface area contributed by atoms with Crippen molar-refractivity contribution in [3.8, 4) is 0 Å². The van der Waals surface area contributed by atoms with Crippen molar-refractivity contribution in [3.63, 3.8) is 0 Å². The minimum Gasteiger partial charge on any atom is -0.399 e. The third kappa shape index (κ3) is 4.64. The van der Waals surface area contributed by atoms with Gasteiger partial charge in [-0.15, -0.1) is 0 Å². The van der Waals surface area contributed by atoms with Gasteiger partial charge in [-0.2, -0.15) is 19.7 Å². The summed E-state index contributed by atoms with van der Waals surface area (Å²) < 4.78 is 36.4. The van der Waals surface area contributed by atoms with E-state index in [0.717, 1.165) is 4.91 Å². The number of rotatable bonds is 6. The van der Waals surface area contributed by atoms with Crippen LogP contribution in [-0.2, 0) is 4.84 Å². The Morgan fingerprint density at radius 2 is 2.29 bits per heavy atom. The molecule has 96 valence electrons. The summed E-state index contributed by atoms with van der Waals surface area (Å²) in [6, 6.07) is 0. The lowest BCUT2D eigenvalue weighted by atomic mass is 10.4. The molecule has 1 aliphatic rings. The highest BCUT2D eigenvalue weighted by Crippen LogP contribution is 2.39. The maximum absolute atomic E-state index is 12.6. The highest BCUT2D eigenvalue weighted by Gasteiger charge is 2.14. The zero-order valence-electron chi connectivity index (χ0n) is 9.24. The van der Waals surface area contributed by atoms with Crippen molar-refractivity contribution in [2.75, 3.05) is 12.9 Å². The summed E-state index contributed by atoms with van der Waals surface area (Å²) in [5, 5.41) is 3.58. The molecule has 0 fully saturated rings. The molecule has 0 saturated heterocycles. The topological polar surface area (TPSA) is 34.0 Å². The van der Waals surface area contributed by atoms with Crippen molar-refractivity contribution in [3.05, 3.63) is 23.0 Å². The van der Waals surface area contributed by atoms with Crippen molar-refractivity contribution in [1.29, 1.82) is 0 Å². The Morgan fingerprint density at radius 1 is 1.53 bits per heavy atom. The third-order valence-electron chi connectivity index (χ3n) is 2.06. The Balaban J connectivity index is 2.44. The number of aliphatic imine (C=N–C) groups is 1. The molecule has 1 heterocycles. The standard InChI is InChI=1S/C10H13F3N2OS/c1-16-15-4-2-8-6-14-7-17(8)5-3-9(11)10(12)13/h4,6-7,17H,2-3,5H2,1H3/b15-4-. The van der Waals surface area contributed by atoms with Crippen LogP contribution in [0, 0.1) is 0 Å². The largest absolute Gasteiger partial charge is 0.399 e. The van der Waals surface area contributed by atoms with E-state index in [0.29, 0.717) is 12.2 Å². The van der Waals surface area contributed by atoms with Gasteiger partial charge in [0, 0.05) is 30.8 Å². The Morgan fingerprint density at radius 3 is 2.94 bits per heavy atom. The molecule has 3 nitrogen and oxygen atoms in total. The molecule has 0 radical (unpaired) electrons. The van der Waals surface area contributed by atoms with Gasteiger partial charge >= 0.3 is 6.08 Å². The van der Waals surface area contributed by atoms with E-state index in [1.165, 1.54) is 7.11 Å². The van der Waals surface area contributed by atoms with E-state index in [1.807, 2.05) is 0 Å². The molecular formula is C10H13F3N2OS. The van der Waals surface area contributed by atoms with Crippen LogP contribution in [0.4, 0.5) is 13.2 Å². The Bertz CT molecular complexity index is 376. The summed E-state index contributed by atoms with van der Waals surface area (Å²) in [4.78, 5) is 9.45. The molecule has 0 aromatic heterocycles. The van der Waals surface area contributed by atoms with Gasteiger partial charge in [-0.25, -0.2) is 4.39 Å². The second kappa shape index (κ2) is 7.16. The van der Waals surface area contributed by atoms with Crippen molar-refractivity contribution >= 4 is 22.7 Å². The van der Waals surface area contributed by atoms with Crippen molar-refractivity contribution in [2.24, 2.45) is 10.1 Å². The lowest BCUT2D eigenvalue weighted by Gasteiger charge is -2.14. The molecule has 0 saturated carbocycles. The molecular weight excluding hydrogens is 253 g/mol. The average molecular weight is 266 g/mol. The lowest BCUT2D eigenvalue weighted by molar-refractivity contribution is 0.215. The molecule has 1 aliphatic heterocycles. The van der Waals surface area contributed by atoms with Crippen molar-refractivity contribution < 1.29 is 18.0 Å². The van der Waals surface area contributed by atoms with Gasteiger partial charge in [-0.3, -0.25) is 4.99 Å². The lowest BCUT2D eigenvalue weighted by Crippen LogP contribution is -1.93. The fourth-order valence-electron chi connectivity index (χ4n) is 1.24. The molecule has 0 aliphatic carbocycles. The predicted octanol–water partition coefficient (Wildman–Crippen LogP) is 3.36. The molecule has 0 bridgehead atoms. The van der Waals surface area contributed by atoms with Crippen molar-refractivity contribution in [1.82, 2.24) is 0 Å². The van der Waals surface area contributed by atoms with Gasteiger partial charge in [0.1, 0.15) is 7.11 Å². The first-order chi connectivity index (χ1) is 8.15. The van der Waals surface area contributed by atoms with Crippen LogP contribution in [0.1, 0.15) is 12.8 Å². The van der Waals surface area contributed by atoms with Gasteiger partial charge in [0.15, 0.2) is 5.83 Å². The minimum absolute atomic E-state index is 0.251. The maximum Gasteiger partial charge on any atom is 0.301 e. The molecule has 0 amide bonds. The molecule has 1 rings (SSSR count). The molecule has 17 heavy (non-hydrogen) atoms. The van der Waals surface area contributed by atoms with Crippen LogP contribution in [0.15, 0.2) is 33.2 Å². The highest BCUT2D eigenvalue weighted by atomic mass is 32.2. The van der Waals surface area contributed by atoms with Crippen LogP contribution in [0.3, 0.4) is 0 Å². The van der Waals surface area contributed by atoms with Crippen LogP contribution in [0.2, 0.25) is 0 Å². The van der Waals surface area contributed by atoms with E-state index in [-0.39, 0.29) is 6.42 Å². The zero-order valence-corrected chi connectivity index (χ0v) is 10.1. The van der Waals surface area contributed by atoms with E-state index < -0.39 is 22.8 Å². The van der Waals surface area contributed by atoms with Gasteiger partial charge in [-0.1, -0.05) is 5.16 Å². The summed E-state index contributed by atoms with van der Waals surface area (Å²) in [6.07, 6.45) is 1.29. The first-order valence-corrected chi connectivity index (χ1v) is 6.48. The number of hydrogen-bond acceptors (Lipinski definition) is 3. The zero-order chi connectivity index (χ0) is 12.7. The second-order valence-corrected chi connectivity index (χ2v) is 5.36. The summed E-state index contributed by atoms with van der Waals surface area (Å²) in [7, 11) is 0.666. The first-order valence-electron chi connectivity index (χ1n) is 4.88. The summed E-state index contributed by atoms with van der Waals surface area (Å²) >= 11 is 0. The number of nitrogens with zero attached hydrogens (tertiary/aromatic N) is 2. The van der Waals surface area contributed by atoms with Crippen molar-refractivity contribution in [2.45, 2.75) is 12.8 Å². The molecule has 0 aromatic carbocycles. The molecule has 7 heteroatoms. The molecule has 0 spiro atoms. The van der Waals surface area contributed by atoms with E-state index in [4.69, 9.17) is 0 Å². The van der Waals surface area contributed by atoms with Gasteiger partial charge in [-0.05, 0) is 10.7 Å². The molecule has 1 atom stereocenters. The minimum atomic E-state index is -2.23. The van der Waals surface area contributed by atoms with Gasteiger partial charge in [0.05, 0.1) is 0 Å². The van der Waals surface area contributed by atoms with Crippen LogP contribution in [0.5, 0.6) is 0 Å². The van der Waals surface area contributed by atoms with Crippen LogP contribution in [-0.4, -0.2) is 24.6 Å². The predicted molar refractivity (Wildman–Crippen MR) is 65.5 cm³/mol. The molecule has 0 N–H and O–H groups in total. The fourth-order valence-corrected chi connectivity index (χ4v) is 2.98. The van der Waals surface area contributed by atoms with Gasteiger partial charge in [0.2, 0.25) is 0 Å². The van der Waals surface area contributed by atoms with Gasteiger partial charge in [0.25, 0.3) is 0 Å².